The number of esters is 5. The first-order valence-corrected chi connectivity index (χ1v) is 48.7. The molecule has 5 aliphatic rings. The van der Waals surface area contributed by atoms with Crippen molar-refractivity contribution in [2.24, 2.45) is 35.5 Å². The third kappa shape index (κ3) is 27.5. The fraction of sp³-hybridized carbons (Fsp3) is 0.541. The number of hydrogen-bond donors (Lipinski definition) is 3. The van der Waals surface area contributed by atoms with E-state index in [1.54, 1.807) is 148 Å². The van der Waals surface area contributed by atoms with Gasteiger partial charge in [-0.2, -0.15) is 0 Å². The standard InChI is InChI=1S/C63H82N2O14.C48H64N2O10/c1-14-50-61(8,70)34-38(2)52(66)39(3)35-63(10,72-31-23-24-44-33-47-29-21-22-30-48(47)64-37-44)55(79-60-54(49(65(11)12)32-40(4)73-60)77-58(68)45-25-17-15-18-26-45)41(5)53(42(6)57(67)75-50)76-51-36-62(9,71-13)56(43(7)74-51)78-59(69)46-27-19-16-20-28-46;1-11-39-47(7,55)26-29(2)40(51)30(3)27-48(8,56-23-17-18-34-25-36-21-15-16-22-37(36)49-28-34)43(32(5)41(52)33(6)44(53)58-39)60-46-42(38(50(9)10)24-31(4)57-46)59-45(54)35-19-13-12-14-20-35/h15-30,33-34,37,39-43,49-51,53-56,60,70H,14,31-32,35-36H2,1-13H3;12-22,25-26,28,30-33,38-39,41-43,46,52,55H,11,23-24,27H2,1-10H3/b24-23+,38-34+;18-17+,29-26+/t39-,40-,41+,42-,43+,49+,50-,51+,53+,54-,55-,56+,60+,61+,62-,63-;30-,31-,32+,33-,38+,39-,41+,42-,43-,46+,47+,48-/m11/s1. The molecule has 0 radical (unpaired) electrons. The molecule has 12 rings (SSSR count). The molecule has 3 fully saturated rings. The van der Waals surface area contributed by atoms with Crippen molar-refractivity contribution in [1.29, 1.82) is 0 Å². The van der Waals surface area contributed by atoms with Crippen LogP contribution in [0, 0.1) is 35.5 Å². The second-order valence-corrected chi connectivity index (χ2v) is 40.0. The molecule has 0 spiro atoms. The summed E-state index contributed by atoms with van der Waals surface area (Å²) in [6, 6.07) is 45.1. The maximum atomic E-state index is 14.9. The third-order valence-corrected chi connectivity index (χ3v) is 28.1. The van der Waals surface area contributed by atoms with E-state index in [1.807, 2.05) is 190 Å². The Morgan fingerprint density at radius 3 is 1.25 bits per heavy atom. The van der Waals surface area contributed by atoms with E-state index >= 15 is 0 Å². The van der Waals surface area contributed by atoms with Gasteiger partial charge in [0.1, 0.15) is 29.0 Å². The van der Waals surface area contributed by atoms with Crippen molar-refractivity contribution in [2.45, 2.75) is 302 Å². The number of aromatic nitrogens is 2. The van der Waals surface area contributed by atoms with Crippen LogP contribution >= 0.6 is 0 Å². The number of pyridine rings is 2. The predicted molar refractivity (Wildman–Crippen MR) is 528 cm³/mol. The predicted octanol–water partition coefficient (Wildman–Crippen LogP) is 16.7. The maximum absolute atomic E-state index is 14.9. The average molecular weight is 1920 g/mol. The summed E-state index contributed by atoms with van der Waals surface area (Å²) in [5, 5.41) is 37.6. The minimum absolute atomic E-state index is 0.0227. The summed E-state index contributed by atoms with van der Waals surface area (Å²) >= 11 is 0. The lowest BCUT2D eigenvalue weighted by Crippen LogP contribution is -2.62. The molecule has 0 aliphatic carbocycles. The largest absolute Gasteiger partial charge is 0.459 e. The molecular weight excluding hydrogens is 1770 g/mol. The Balaban J connectivity index is 0.000000276. The molecule has 3 saturated heterocycles. The summed E-state index contributed by atoms with van der Waals surface area (Å²) < 4.78 is 92.7. The van der Waals surface area contributed by atoms with Gasteiger partial charge in [0.05, 0.1) is 119 Å². The zero-order valence-corrected chi connectivity index (χ0v) is 84.9. The first kappa shape index (κ1) is 109. The average Bonchev–Trinajstić information content (AvgIpc) is 0.769. The van der Waals surface area contributed by atoms with Crippen LogP contribution in [0.4, 0.5) is 0 Å². The van der Waals surface area contributed by atoms with Crippen molar-refractivity contribution in [1.82, 2.24) is 19.8 Å². The second kappa shape index (κ2) is 48.2. The Labute approximate surface area is 819 Å². The summed E-state index contributed by atoms with van der Waals surface area (Å²) in [4.78, 5) is 112. The number of Topliss-reactive ketones (excluding diaryl/α,β-unsaturated/α-hetero) is 2. The van der Waals surface area contributed by atoms with E-state index in [0.717, 1.165) is 32.9 Å². The molecule has 3 N–H and O–H groups in total. The zero-order valence-electron chi connectivity index (χ0n) is 84.9. The van der Waals surface area contributed by atoms with Crippen molar-refractivity contribution in [3.8, 4) is 0 Å². The number of rotatable bonds is 25. The summed E-state index contributed by atoms with van der Waals surface area (Å²) in [5.74, 6) is -8.88. The van der Waals surface area contributed by atoms with E-state index in [9.17, 15) is 48.9 Å². The monoisotopic (exact) mass is 1920 g/mol. The Bertz CT molecular complexity index is 5420. The summed E-state index contributed by atoms with van der Waals surface area (Å²) in [6.07, 6.45) is 1.27. The Morgan fingerprint density at radius 2 is 0.856 bits per heavy atom. The SMILES string of the molecule is CC[C@H]1OC(=O)[C@H](C)[C@@H](O)[C@H](C)[C@@H](O[C@@H]2O[C@H](C)C[C@H](N(C)C)[C@H]2OC(=O)c2ccccc2)[C@](C)(OC/C=C/c2cnc3ccccc3c2)C[C@@H](C)C(=O)/C(C)=C/[C@]1(C)O.CC[C@H]1OC(=O)[C@H](C)[C@@H](O[C@H]2C[C@@](C)(OC)[C@@H](OC(=O)c3ccccc3)[C@H](C)O2)[C@H](C)[C@@H](O[C@@H]2O[C@H](C)C[C@H](N(C)C)[C@H]2OC(=O)c2ccccc2)[C@](C)(OC/C=C/c2cnc3ccccc3c2)C[C@@H](C)C(=O)/C(C)=C/[C@]1(C)O. The van der Waals surface area contributed by atoms with Crippen molar-refractivity contribution >= 4 is 75.4 Å². The summed E-state index contributed by atoms with van der Waals surface area (Å²) in [7, 11) is 9.15. The molecule has 2 aromatic heterocycles. The molecule has 754 valence electrons. The number of benzene rings is 5. The molecular formula is C111H146N4O24. The van der Waals surface area contributed by atoms with Crippen molar-refractivity contribution in [3.05, 3.63) is 227 Å². The summed E-state index contributed by atoms with van der Waals surface area (Å²) in [5.41, 5.74) is -2.26. The van der Waals surface area contributed by atoms with E-state index < -0.39 is 173 Å². The van der Waals surface area contributed by atoms with Gasteiger partial charge in [-0.15, -0.1) is 0 Å². The maximum Gasteiger partial charge on any atom is 0.338 e. The van der Waals surface area contributed by atoms with Gasteiger partial charge in [0.2, 0.25) is 0 Å². The van der Waals surface area contributed by atoms with Gasteiger partial charge >= 0.3 is 29.8 Å². The van der Waals surface area contributed by atoms with Crippen LogP contribution in [0.2, 0.25) is 0 Å². The van der Waals surface area contributed by atoms with Crippen LogP contribution in [-0.4, -0.2) is 257 Å². The normalized spacial score (nSPS) is 34.7. The molecule has 139 heavy (non-hydrogen) atoms. The molecule has 0 unspecified atom stereocenters. The number of methoxy groups -OCH3 is 1. The molecule has 7 heterocycles. The number of likely N-dealkylation sites (N-methyl/N-ethyl adjacent to an activating group) is 2. The van der Waals surface area contributed by atoms with E-state index in [-0.39, 0.29) is 86.7 Å². The van der Waals surface area contributed by atoms with Gasteiger partial charge in [0, 0.05) is 60.4 Å². The molecule has 5 aromatic carbocycles. The number of carbonyl (C=O) groups is 7. The Kier molecular flexibility index (Phi) is 37.9. The highest BCUT2D eigenvalue weighted by molar-refractivity contribution is 5.97. The number of ether oxygens (including phenoxy) is 14. The molecule has 0 saturated carbocycles. The highest BCUT2D eigenvalue weighted by Gasteiger charge is 2.57. The van der Waals surface area contributed by atoms with Gasteiger partial charge in [0.15, 0.2) is 48.7 Å². The molecule has 5 aliphatic heterocycles. The lowest BCUT2D eigenvalue weighted by atomic mass is 9.76. The third-order valence-electron chi connectivity index (χ3n) is 28.1. The number of para-hydroxylation sites is 2. The van der Waals surface area contributed by atoms with Crippen molar-refractivity contribution < 1.29 is 115 Å². The van der Waals surface area contributed by atoms with Gasteiger partial charge < -0.3 is 91.4 Å². The Hall–Kier alpha value is -9.99. The molecule has 7 aromatic rings. The second-order valence-electron chi connectivity index (χ2n) is 40.0. The molecule has 0 amide bonds. The van der Waals surface area contributed by atoms with Crippen LogP contribution in [0.15, 0.2) is 200 Å². The smallest absolute Gasteiger partial charge is 0.338 e. The van der Waals surface area contributed by atoms with Gasteiger partial charge in [-0.1, -0.05) is 157 Å². The zero-order chi connectivity index (χ0) is 101. The highest BCUT2D eigenvalue weighted by Crippen LogP contribution is 2.46. The van der Waals surface area contributed by atoms with Crippen LogP contribution in [0.1, 0.15) is 212 Å². The molecule has 28 heteroatoms. The highest BCUT2D eigenvalue weighted by atomic mass is 16.7. The topological polar surface area (TPSA) is 342 Å². The van der Waals surface area contributed by atoms with Crippen molar-refractivity contribution in [3.63, 3.8) is 0 Å². The lowest BCUT2D eigenvalue weighted by Gasteiger charge is -2.50. The van der Waals surface area contributed by atoms with Crippen LogP contribution < -0.4 is 0 Å². The number of nitrogens with zero attached hydrogens (tertiary/aromatic N) is 4. The number of ketones is 2. The van der Waals surface area contributed by atoms with E-state index in [2.05, 4.69) is 9.97 Å². The number of carbonyl (C=O) groups excluding carboxylic acids is 7. The summed E-state index contributed by atoms with van der Waals surface area (Å²) in [6.45, 7) is 31.6. The quantitative estimate of drug-likeness (QED) is 0.0353. The van der Waals surface area contributed by atoms with Crippen LogP contribution in [0.3, 0.4) is 0 Å². The van der Waals surface area contributed by atoms with Gasteiger partial charge in [-0.05, 0) is 245 Å². The molecule has 0 bridgehead atoms. The van der Waals surface area contributed by atoms with Crippen LogP contribution in [-0.2, 0) is 85.5 Å². The number of aliphatic hydroxyl groups is 3. The van der Waals surface area contributed by atoms with Gasteiger partial charge in [-0.3, -0.25) is 29.1 Å². The molecule has 28 atom stereocenters. The van der Waals surface area contributed by atoms with Crippen LogP contribution in [0.5, 0.6) is 0 Å². The minimum Gasteiger partial charge on any atom is -0.459 e. The molecule has 28 nitrogen and oxygen atoms in total. The fourth-order valence-corrected chi connectivity index (χ4v) is 20.3. The lowest BCUT2D eigenvalue weighted by molar-refractivity contribution is -0.319. The van der Waals surface area contributed by atoms with Crippen LogP contribution in [0.25, 0.3) is 34.0 Å². The van der Waals surface area contributed by atoms with E-state index in [0.29, 0.717) is 35.1 Å². The number of cyclic esters (lactones) is 2. The minimum atomic E-state index is -1.75. The number of hydrogen-bond acceptors (Lipinski definition) is 28. The first-order chi connectivity index (χ1) is 65.8. The van der Waals surface area contributed by atoms with Crippen molar-refractivity contribution in [2.75, 3.05) is 48.5 Å². The Morgan fingerprint density at radius 1 is 0.475 bits per heavy atom. The van der Waals surface area contributed by atoms with E-state index in [1.165, 1.54) is 33.1 Å². The van der Waals surface area contributed by atoms with Gasteiger partial charge in [0.25, 0.3) is 0 Å². The van der Waals surface area contributed by atoms with E-state index in [4.69, 9.17) is 66.3 Å². The number of allylic oxidation sites excluding steroid dienone is 2. The fourth-order valence-electron chi connectivity index (χ4n) is 20.3. The number of aliphatic hydroxyl groups excluding tert-OH is 1. The first-order valence-electron chi connectivity index (χ1n) is 48.7. The number of fused-ring (bicyclic) bond motifs is 2. The van der Waals surface area contributed by atoms with Gasteiger partial charge in [-0.25, -0.2) is 14.4 Å².